The molecule has 1 aliphatic heterocycles. The lowest BCUT2D eigenvalue weighted by molar-refractivity contribution is 0.0104. The molecule has 25 heavy (non-hydrogen) atoms. The number of unbranched alkanes of at least 4 members (excludes halogenated alkanes) is 1. The highest BCUT2D eigenvalue weighted by Crippen LogP contribution is 2.24. The molecule has 0 saturated carbocycles. The van der Waals surface area contributed by atoms with Crippen molar-refractivity contribution in [3.8, 4) is 0 Å². The minimum Gasteiger partial charge on any atom is -0.389 e. The van der Waals surface area contributed by atoms with Crippen LogP contribution in [0.3, 0.4) is 0 Å². The summed E-state index contributed by atoms with van der Waals surface area (Å²) in [5, 5.41) is 10.1. The third-order valence-electron chi connectivity index (χ3n) is 4.97. The summed E-state index contributed by atoms with van der Waals surface area (Å²) in [6.45, 7) is 5.68. The van der Waals surface area contributed by atoms with Crippen molar-refractivity contribution in [2.75, 3.05) is 32.8 Å². The summed E-state index contributed by atoms with van der Waals surface area (Å²) in [7, 11) is 0. The average molecular weight is 347 g/mol. The zero-order valence-electron chi connectivity index (χ0n) is 15.0. The smallest absolute Gasteiger partial charge is 0.326 e. The fourth-order valence-electron chi connectivity index (χ4n) is 3.61. The van der Waals surface area contributed by atoms with Gasteiger partial charge in [-0.3, -0.25) is 4.57 Å². The van der Waals surface area contributed by atoms with Gasteiger partial charge in [0, 0.05) is 32.3 Å². The first-order chi connectivity index (χ1) is 12.2. The fourth-order valence-corrected chi connectivity index (χ4v) is 3.61. The standard InChI is InChI=1S/C19H29N3O3/c1-2-3-12-25-14-16(23)13-21-10-8-15(9-11-21)22-18-7-5-4-6-17(18)20-19(22)24/h4-7,15-16,23H,2-3,8-14H2,1H3,(H,20,24). The van der Waals surface area contributed by atoms with Crippen LogP contribution in [0.25, 0.3) is 11.0 Å². The van der Waals surface area contributed by atoms with Crippen molar-refractivity contribution < 1.29 is 9.84 Å². The van der Waals surface area contributed by atoms with Crippen molar-refractivity contribution in [2.24, 2.45) is 0 Å². The summed E-state index contributed by atoms with van der Waals surface area (Å²) in [4.78, 5) is 17.5. The van der Waals surface area contributed by atoms with E-state index in [-0.39, 0.29) is 11.7 Å². The van der Waals surface area contributed by atoms with Crippen LogP contribution in [0.1, 0.15) is 38.6 Å². The number of para-hydroxylation sites is 2. The summed E-state index contributed by atoms with van der Waals surface area (Å²) in [6, 6.07) is 8.07. The van der Waals surface area contributed by atoms with Crippen molar-refractivity contribution in [3.63, 3.8) is 0 Å². The topological polar surface area (TPSA) is 70.5 Å². The Morgan fingerprint density at radius 2 is 2.08 bits per heavy atom. The number of β-amino-alcohol motifs (C(OH)–C–C–N with tert-alkyl or cyclic N) is 1. The van der Waals surface area contributed by atoms with Crippen molar-refractivity contribution >= 4 is 11.0 Å². The molecule has 3 rings (SSSR count). The molecule has 0 radical (unpaired) electrons. The van der Waals surface area contributed by atoms with Gasteiger partial charge in [-0.1, -0.05) is 25.5 Å². The Balaban J connectivity index is 1.52. The van der Waals surface area contributed by atoms with Gasteiger partial charge in [0.05, 0.1) is 23.7 Å². The number of H-pyrrole nitrogens is 1. The molecule has 0 aliphatic carbocycles. The second-order valence-electron chi connectivity index (χ2n) is 6.93. The number of aromatic nitrogens is 2. The van der Waals surface area contributed by atoms with Gasteiger partial charge in [-0.05, 0) is 31.4 Å². The molecule has 6 heteroatoms. The lowest BCUT2D eigenvalue weighted by Crippen LogP contribution is -2.41. The Hall–Kier alpha value is -1.63. The Bertz CT molecular complexity index is 716. The Labute approximate surface area is 148 Å². The fraction of sp³-hybridized carbons (Fsp3) is 0.632. The van der Waals surface area contributed by atoms with E-state index in [1.54, 1.807) is 0 Å². The number of rotatable bonds is 8. The van der Waals surface area contributed by atoms with Crippen LogP contribution in [0.15, 0.2) is 29.1 Å². The molecular weight excluding hydrogens is 318 g/mol. The lowest BCUT2D eigenvalue weighted by atomic mass is 10.0. The molecule has 1 fully saturated rings. The number of piperidine rings is 1. The van der Waals surface area contributed by atoms with E-state index < -0.39 is 6.10 Å². The van der Waals surface area contributed by atoms with E-state index in [2.05, 4.69) is 16.8 Å². The highest BCUT2D eigenvalue weighted by molar-refractivity contribution is 5.75. The van der Waals surface area contributed by atoms with Crippen LogP contribution in [-0.2, 0) is 4.74 Å². The molecule has 1 unspecified atom stereocenters. The van der Waals surface area contributed by atoms with Crippen LogP contribution >= 0.6 is 0 Å². The number of nitrogens with zero attached hydrogens (tertiary/aromatic N) is 2. The van der Waals surface area contributed by atoms with Gasteiger partial charge >= 0.3 is 5.69 Å². The Kier molecular flexibility index (Phi) is 6.29. The Morgan fingerprint density at radius 3 is 2.84 bits per heavy atom. The van der Waals surface area contributed by atoms with Gasteiger partial charge < -0.3 is 19.7 Å². The number of aromatic amines is 1. The van der Waals surface area contributed by atoms with Gasteiger partial charge in [0.1, 0.15) is 0 Å². The van der Waals surface area contributed by atoms with E-state index in [1.807, 2.05) is 28.8 Å². The average Bonchev–Trinajstić information content (AvgIpc) is 2.95. The second-order valence-corrected chi connectivity index (χ2v) is 6.93. The van der Waals surface area contributed by atoms with Crippen LogP contribution in [0.4, 0.5) is 0 Å². The third-order valence-corrected chi connectivity index (χ3v) is 4.97. The van der Waals surface area contributed by atoms with Gasteiger partial charge in [-0.2, -0.15) is 0 Å². The van der Waals surface area contributed by atoms with Crippen LogP contribution < -0.4 is 5.69 Å². The SMILES string of the molecule is CCCCOCC(O)CN1CCC(n2c(=O)[nH]c3ccccc32)CC1. The number of aliphatic hydroxyl groups is 1. The molecule has 138 valence electrons. The van der Waals surface area contributed by atoms with Crippen LogP contribution in [0.5, 0.6) is 0 Å². The van der Waals surface area contributed by atoms with E-state index in [1.165, 1.54) is 0 Å². The Morgan fingerprint density at radius 1 is 1.32 bits per heavy atom. The zero-order chi connectivity index (χ0) is 17.6. The van der Waals surface area contributed by atoms with Gasteiger partial charge in [0.15, 0.2) is 0 Å². The predicted octanol–water partition coefficient (Wildman–Crippen LogP) is 2.14. The van der Waals surface area contributed by atoms with Gasteiger partial charge in [0.25, 0.3) is 0 Å². The van der Waals surface area contributed by atoms with Crippen molar-refractivity contribution in [1.29, 1.82) is 0 Å². The first kappa shape index (κ1) is 18.2. The van der Waals surface area contributed by atoms with Crippen LogP contribution in [-0.4, -0.2) is 58.5 Å². The van der Waals surface area contributed by atoms with Crippen molar-refractivity contribution in [3.05, 3.63) is 34.7 Å². The minimum absolute atomic E-state index is 0.0241. The number of imidazole rings is 1. The number of ether oxygens (including phenoxy) is 1. The van der Waals surface area contributed by atoms with E-state index in [4.69, 9.17) is 4.74 Å². The molecule has 6 nitrogen and oxygen atoms in total. The number of hydrogen-bond donors (Lipinski definition) is 2. The molecule has 1 aliphatic rings. The first-order valence-corrected chi connectivity index (χ1v) is 9.36. The molecule has 2 N–H and O–H groups in total. The normalized spacial score (nSPS) is 18.0. The molecular formula is C19H29N3O3. The number of nitrogens with one attached hydrogen (secondary N) is 1. The molecule has 0 amide bonds. The highest BCUT2D eigenvalue weighted by Gasteiger charge is 2.24. The third kappa shape index (κ3) is 4.51. The van der Waals surface area contributed by atoms with E-state index in [0.717, 1.165) is 56.4 Å². The van der Waals surface area contributed by atoms with Crippen LogP contribution in [0.2, 0.25) is 0 Å². The van der Waals surface area contributed by atoms with Gasteiger partial charge in [-0.25, -0.2) is 4.79 Å². The lowest BCUT2D eigenvalue weighted by Gasteiger charge is -2.33. The van der Waals surface area contributed by atoms with Crippen LogP contribution in [0, 0.1) is 0 Å². The maximum absolute atomic E-state index is 12.3. The van der Waals surface area contributed by atoms with Crippen molar-refractivity contribution in [2.45, 2.75) is 44.8 Å². The largest absolute Gasteiger partial charge is 0.389 e. The number of fused-ring (bicyclic) bond motifs is 1. The maximum atomic E-state index is 12.3. The molecule has 1 aromatic heterocycles. The molecule has 1 aromatic carbocycles. The number of hydrogen-bond acceptors (Lipinski definition) is 4. The molecule has 0 bridgehead atoms. The summed E-state index contributed by atoms with van der Waals surface area (Å²) in [5.74, 6) is 0. The molecule has 2 heterocycles. The van der Waals surface area contributed by atoms with Crippen molar-refractivity contribution in [1.82, 2.24) is 14.5 Å². The number of aliphatic hydroxyl groups excluding tert-OH is 1. The zero-order valence-corrected chi connectivity index (χ0v) is 15.0. The summed E-state index contributed by atoms with van der Waals surface area (Å²) >= 11 is 0. The quantitative estimate of drug-likeness (QED) is 0.718. The number of benzene rings is 1. The van der Waals surface area contributed by atoms with Gasteiger partial charge in [0.2, 0.25) is 0 Å². The van der Waals surface area contributed by atoms with Gasteiger partial charge in [-0.15, -0.1) is 0 Å². The molecule has 2 aromatic rings. The summed E-state index contributed by atoms with van der Waals surface area (Å²) in [6.07, 6.45) is 3.55. The first-order valence-electron chi connectivity index (χ1n) is 9.36. The molecule has 0 spiro atoms. The van der Waals surface area contributed by atoms with E-state index >= 15 is 0 Å². The summed E-state index contributed by atoms with van der Waals surface area (Å²) < 4.78 is 7.39. The molecule has 1 saturated heterocycles. The highest BCUT2D eigenvalue weighted by atomic mass is 16.5. The minimum atomic E-state index is -0.441. The van der Waals surface area contributed by atoms with E-state index in [9.17, 15) is 9.90 Å². The summed E-state index contributed by atoms with van der Waals surface area (Å²) in [5.41, 5.74) is 1.86. The maximum Gasteiger partial charge on any atom is 0.326 e. The number of likely N-dealkylation sites (tertiary alicyclic amines) is 1. The van der Waals surface area contributed by atoms with E-state index in [0.29, 0.717) is 13.2 Å². The second kappa shape index (κ2) is 8.65. The predicted molar refractivity (Wildman–Crippen MR) is 99.0 cm³/mol. The molecule has 1 atom stereocenters. The monoisotopic (exact) mass is 347 g/mol.